The van der Waals surface area contributed by atoms with Crippen molar-refractivity contribution in [2.45, 2.75) is 0 Å². The third-order valence-electron chi connectivity index (χ3n) is 2.42. The predicted octanol–water partition coefficient (Wildman–Crippen LogP) is 2.23. The van der Waals surface area contributed by atoms with Gasteiger partial charge in [0.1, 0.15) is 0 Å². The molecule has 2 amide bonds. The number of benzene rings is 1. The number of nitrogens with zero attached hydrogens (tertiary/aromatic N) is 1. The lowest BCUT2D eigenvalue weighted by Crippen LogP contribution is -2.29. The van der Waals surface area contributed by atoms with Crippen LogP contribution in [0.2, 0.25) is 0 Å². The lowest BCUT2D eigenvalue weighted by Gasteiger charge is -2.09. The zero-order chi connectivity index (χ0) is 11.5. The van der Waals surface area contributed by atoms with Gasteiger partial charge in [0.25, 0.3) is 11.8 Å². The van der Waals surface area contributed by atoms with E-state index in [9.17, 15) is 9.59 Å². The number of rotatable bonds is 3. The van der Waals surface area contributed by atoms with Gasteiger partial charge in [-0.05, 0) is 12.1 Å². The quantitative estimate of drug-likeness (QED) is 0.483. The summed E-state index contributed by atoms with van der Waals surface area (Å²) in [6.45, 7) is 0.331. The maximum atomic E-state index is 11.9. The smallest absolute Gasteiger partial charge is 0.261 e. The maximum Gasteiger partial charge on any atom is 0.261 e. The molecular formula is C12H10BrNO2. The number of fused-ring (bicyclic) bond motifs is 1. The molecule has 1 heterocycles. The van der Waals surface area contributed by atoms with E-state index >= 15 is 0 Å². The number of imide groups is 1. The summed E-state index contributed by atoms with van der Waals surface area (Å²) in [4.78, 5) is 25.0. The van der Waals surface area contributed by atoms with Gasteiger partial charge in [0.15, 0.2) is 0 Å². The monoisotopic (exact) mass is 279 g/mol. The van der Waals surface area contributed by atoms with Crippen molar-refractivity contribution in [1.82, 2.24) is 4.90 Å². The van der Waals surface area contributed by atoms with Gasteiger partial charge >= 0.3 is 0 Å². The van der Waals surface area contributed by atoms with Crippen LogP contribution in [0.1, 0.15) is 20.7 Å². The first kappa shape index (κ1) is 11.1. The minimum atomic E-state index is -0.208. The second kappa shape index (κ2) is 4.61. The van der Waals surface area contributed by atoms with E-state index in [0.29, 0.717) is 17.7 Å². The van der Waals surface area contributed by atoms with Crippen molar-refractivity contribution in [1.29, 1.82) is 0 Å². The van der Waals surface area contributed by atoms with E-state index in [2.05, 4.69) is 15.9 Å². The van der Waals surface area contributed by atoms with Crippen LogP contribution in [-0.2, 0) is 0 Å². The molecule has 0 aliphatic carbocycles. The highest BCUT2D eigenvalue weighted by molar-refractivity contribution is 9.09. The highest BCUT2D eigenvalue weighted by Gasteiger charge is 2.33. The Morgan fingerprint density at radius 3 is 2.12 bits per heavy atom. The number of hydrogen-bond acceptors (Lipinski definition) is 2. The van der Waals surface area contributed by atoms with E-state index in [1.54, 1.807) is 30.3 Å². The number of amides is 2. The Labute approximate surface area is 102 Å². The van der Waals surface area contributed by atoms with Crippen molar-refractivity contribution in [3.63, 3.8) is 0 Å². The first-order chi connectivity index (χ1) is 7.75. The molecule has 0 atom stereocenters. The molecule has 1 aromatic rings. The van der Waals surface area contributed by atoms with Gasteiger partial charge < -0.3 is 0 Å². The Bertz CT molecular complexity index is 433. The van der Waals surface area contributed by atoms with Gasteiger partial charge in [0.05, 0.1) is 11.1 Å². The molecule has 0 radical (unpaired) electrons. The van der Waals surface area contributed by atoms with E-state index < -0.39 is 0 Å². The van der Waals surface area contributed by atoms with Crippen LogP contribution >= 0.6 is 15.9 Å². The molecule has 0 bridgehead atoms. The van der Waals surface area contributed by atoms with Crippen molar-refractivity contribution in [3.8, 4) is 0 Å². The molecule has 2 rings (SSSR count). The molecule has 0 N–H and O–H groups in total. The molecule has 16 heavy (non-hydrogen) atoms. The second-order valence-corrected chi connectivity index (χ2v) is 4.04. The Hall–Kier alpha value is -1.42. The average Bonchev–Trinajstić information content (AvgIpc) is 2.55. The van der Waals surface area contributed by atoms with Crippen molar-refractivity contribution in [2.75, 3.05) is 11.9 Å². The zero-order valence-corrected chi connectivity index (χ0v) is 10.1. The summed E-state index contributed by atoms with van der Waals surface area (Å²) in [5.41, 5.74) is 1.000. The van der Waals surface area contributed by atoms with Crippen molar-refractivity contribution in [2.24, 2.45) is 0 Å². The molecule has 4 heteroatoms. The number of alkyl halides is 1. The van der Waals surface area contributed by atoms with Crippen LogP contribution in [0.3, 0.4) is 0 Å². The lowest BCUT2D eigenvalue weighted by molar-refractivity contribution is 0.0672. The molecule has 0 saturated carbocycles. The molecule has 3 nitrogen and oxygen atoms in total. The third-order valence-corrected chi connectivity index (χ3v) is 2.80. The maximum absolute atomic E-state index is 11.9. The van der Waals surface area contributed by atoms with Crippen LogP contribution < -0.4 is 0 Å². The van der Waals surface area contributed by atoms with Crippen molar-refractivity contribution in [3.05, 3.63) is 47.5 Å². The van der Waals surface area contributed by atoms with Gasteiger partial charge in [0, 0.05) is 11.9 Å². The summed E-state index contributed by atoms with van der Waals surface area (Å²) in [5, 5.41) is 0.718. The van der Waals surface area contributed by atoms with E-state index in [-0.39, 0.29) is 11.8 Å². The topological polar surface area (TPSA) is 37.4 Å². The standard InChI is InChI=1S/C12H10BrNO2/c13-7-3-4-8-14-11(15)9-5-1-2-6-10(9)12(14)16/h1-6H,7-8H2/b4-3+. The fraction of sp³-hybridized carbons (Fsp3) is 0.167. The minimum absolute atomic E-state index is 0.208. The van der Waals surface area contributed by atoms with Crippen molar-refractivity contribution >= 4 is 27.7 Å². The fourth-order valence-electron chi connectivity index (χ4n) is 1.65. The van der Waals surface area contributed by atoms with Crippen LogP contribution in [-0.4, -0.2) is 28.6 Å². The molecule has 1 aliphatic rings. The summed E-state index contributed by atoms with van der Waals surface area (Å²) in [6, 6.07) is 6.90. The van der Waals surface area contributed by atoms with Crippen LogP contribution in [0, 0.1) is 0 Å². The molecule has 1 aliphatic heterocycles. The average molecular weight is 280 g/mol. The number of halogens is 1. The zero-order valence-electron chi connectivity index (χ0n) is 8.52. The van der Waals surface area contributed by atoms with Gasteiger partial charge in [-0.25, -0.2) is 0 Å². The highest BCUT2D eigenvalue weighted by atomic mass is 79.9. The Kier molecular flexibility index (Phi) is 3.19. The molecule has 0 unspecified atom stereocenters. The molecule has 0 spiro atoms. The first-order valence-electron chi connectivity index (χ1n) is 4.92. The summed E-state index contributed by atoms with van der Waals surface area (Å²) >= 11 is 3.24. The van der Waals surface area contributed by atoms with Crippen LogP contribution in [0.25, 0.3) is 0 Å². The Morgan fingerprint density at radius 1 is 1.06 bits per heavy atom. The summed E-state index contributed by atoms with van der Waals surface area (Å²) in [7, 11) is 0. The number of hydrogen-bond donors (Lipinski definition) is 0. The Morgan fingerprint density at radius 2 is 1.62 bits per heavy atom. The lowest BCUT2D eigenvalue weighted by atomic mass is 10.1. The number of allylic oxidation sites excluding steroid dienone is 1. The largest absolute Gasteiger partial charge is 0.270 e. The SMILES string of the molecule is O=C1c2ccccc2C(=O)N1C/C=C/CBr. The van der Waals surface area contributed by atoms with E-state index in [4.69, 9.17) is 0 Å². The predicted molar refractivity (Wildman–Crippen MR) is 64.7 cm³/mol. The summed E-state index contributed by atoms with van der Waals surface area (Å²) in [6.07, 6.45) is 3.67. The first-order valence-corrected chi connectivity index (χ1v) is 6.04. The molecular weight excluding hydrogens is 270 g/mol. The normalized spacial score (nSPS) is 14.9. The second-order valence-electron chi connectivity index (χ2n) is 3.39. The number of carbonyl (C=O) groups excluding carboxylic acids is 2. The molecule has 0 saturated heterocycles. The van der Waals surface area contributed by atoms with E-state index in [0.717, 1.165) is 5.33 Å². The molecule has 82 valence electrons. The summed E-state index contributed by atoms with van der Waals surface area (Å²) < 4.78 is 0. The molecule has 1 aromatic carbocycles. The van der Waals surface area contributed by atoms with Gasteiger partial charge in [-0.15, -0.1) is 0 Å². The third kappa shape index (κ3) is 1.80. The van der Waals surface area contributed by atoms with Crippen LogP contribution in [0.5, 0.6) is 0 Å². The number of carbonyl (C=O) groups is 2. The van der Waals surface area contributed by atoms with Crippen molar-refractivity contribution < 1.29 is 9.59 Å². The van der Waals surface area contributed by atoms with Gasteiger partial charge in [-0.1, -0.05) is 40.2 Å². The van der Waals surface area contributed by atoms with E-state index in [1.165, 1.54) is 4.90 Å². The van der Waals surface area contributed by atoms with E-state index in [1.807, 2.05) is 6.08 Å². The van der Waals surface area contributed by atoms with Crippen LogP contribution in [0.15, 0.2) is 36.4 Å². The Balaban J connectivity index is 2.25. The van der Waals surface area contributed by atoms with Gasteiger partial charge in [-0.3, -0.25) is 14.5 Å². The molecule has 0 fully saturated rings. The fourth-order valence-corrected chi connectivity index (χ4v) is 1.91. The molecule has 0 aromatic heterocycles. The van der Waals surface area contributed by atoms with Gasteiger partial charge in [0.2, 0.25) is 0 Å². The highest BCUT2D eigenvalue weighted by Crippen LogP contribution is 2.21. The minimum Gasteiger partial charge on any atom is -0.270 e. The summed E-state index contributed by atoms with van der Waals surface area (Å²) in [5.74, 6) is -0.417. The van der Waals surface area contributed by atoms with Crippen LogP contribution in [0.4, 0.5) is 0 Å². The van der Waals surface area contributed by atoms with Gasteiger partial charge in [-0.2, -0.15) is 0 Å².